The van der Waals surface area contributed by atoms with Gasteiger partial charge in [0.25, 0.3) is 5.69 Å². The first-order chi connectivity index (χ1) is 11.4. The summed E-state index contributed by atoms with van der Waals surface area (Å²) < 4.78 is 10.8. The van der Waals surface area contributed by atoms with Crippen molar-refractivity contribution in [1.29, 1.82) is 0 Å². The Morgan fingerprint density at radius 2 is 1.79 bits per heavy atom. The van der Waals surface area contributed by atoms with E-state index in [0.717, 1.165) is 0 Å². The molecule has 0 fully saturated rings. The molecule has 7 nitrogen and oxygen atoms in total. The molecule has 0 bridgehead atoms. The molecule has 2 rings (SSSR count). The van der Waals surface area contributed by atoms with Gasteiger partial charge in [0.1, 0.15) is 11.3 Å². The van der Waals surface area contributed by atoms with Crippen molar-refractivity contribution in [3.05, 3.63) is 68.2 Å². The van der Waals surface area contributed by atoms with Crippen LogP contribution in [0, 0.1) is 10.1 Å². The normalized spacial score (nSPS) is 10.1. The number of rotatable bonds is 5. The van der Waals surface area contributed by atoms with E-state index in [-0.39, 0.29) is 29.2 Å². The maximum absolute atomic E-state index is 12.2. The van der Waals surface area contributed by atoms with Crippen LogP contribution in [0.2, 0.25) is 0 Å². The topological polar surface area (TPSA) is 95.7 Å². The smallest absolute Gasteiger partial charge is 0.343 e. The third kappa shape index (κ3) is 4.17. The van der Waals surface area contributed by atoms with Crippen LogP contribution in [0.3, 0.4) is 0 Å². The fraction of sp³-hybridized carbons (Fsp3) is 0.125. The van der Waals surface area contributed by atoms with E-state index in [1.165, 1.54) is 36.4 Å². The minimum atomic E-state index is -0.738. The fourth-order valence-electron chi connectivity index (χ4n) is 1.84. The van der Waals surface area contributed by atoms with Gasteiger partial charge in [-0.05, 0) is 37.3 Å². The lowest BCUT2D eigenvalue weighted by atomic mass is 10.2. The number of carbonyl (C=O) groups excluding carboxylic acids is 2. The van der Waals surface area contributed by atoms with E-state index in [1.54, 1.807) is 13.0 Å². The van der Waals surface area contributed by atoms with Crippen LogP contribution in [0.5, 0.6) is 5.75 Å². The molecule has 0 heterocycles. The van der Waals surface area contributed by atoms with Gasteiger partial charge >= 0.3 is 11.9 Å². The van der Waals surface area contributed by atoms with E-state index >= 15 is 0 Å². The van der Waals surface area contributed by atoms with Crippen LogP contribution in [0.1, 0.15) is 27.6 Å². The van der Waals surface area contributed by atoms with Crippen molar-refractivity contribution in [2.75, 3.05) is 6.61 Å². The Balaban J connectivity index is 2.25. The second kappa shape index (κ2) is 7.69. The molecule has 0 atom stereocenters. The Hall–Kier alpha value is -2.74. The van der Waals surface area contributed by atoms with Gasteiger partial charge in [-0.25, -0.2) is 9.59 Å². The van der Waals surface area contributed by atoms with E-state index in [1.807, 2.05) is 0 Å². The Labute approximate surface area is 145 Å². The number of esters is 2. The van der Waals surface area contributed by atoms with Crippen LogP contribution in [0.25, 0.3) is 0 Å². The zero-order valence-electron chi connectivity index (χ0n) is 12.5. The van der Waals surface area contributed by atoms with E-state index in [9.17, 15) is 19.7 Å². The van der Waals surface area contributed by atoms with E-state index in [4.69, 9.17) is 9.47 Å². The lowest BCUT2D eigenvalue weighted by Gasteiger charge is -2.10. The molecule has 0 radical (unpaired) electrons. The second-order valence-corrected chi connectivity index (χ2v) is 5.47. The third-order valence-electron chi connectivity index (χ3n) is 2.95. The lowest BCUT2D eigenvalue weighted by Crippen LogP contribution is -2.13. The van der Waals surface area contributed by atoms with Gasteiger partial charge < -0.3 is 9.47 Å². The second-order valence-electron chi connectivity index (χ2n) is 4.55. The van der Waals surface area contributed by atoms with Crippen molar-refractivity contribution in [3.63, 3.8) is 0 Å². The minimum Gasteiger partial charge on any atom is -0.462 e. The van der Waals surface area contributed by atoms with Crippen molar-refractivity contribution in [1.82, 2.24) is 0 Å². The standard InChI is InChI=1S/C16H12BrNO6/c1-2-23-16(20)13-9-11(17)5-8-14(13)24-15(19)10-3-6-12(7-4-10)18(21)22/h3-9H,2H2,1H3. The predicted molar refractivity (Wildman–Crippen MR) is 88.2 cm³/mol. The number of nitro groups is 1. The molecule has 0 saturated carbocycles. The quantitative estimate of drug-likeness (QED) is 0.332. The van der Waals surface area contributed by atoms with Crippen LogP contribution in [0.15, 0.2) is 46.9 Å². The number of nitro benzene ring substituents is 1. The molecule has 0 unspecified atom stereocenters. The van der Waals surface area contributed by atoms with Crippen molar-refractivity contribution in [3.8, 4) is 5.75 Å². The van der Waals surface area contributed by atoms with E-state index in [0.29, 0.717) is 4.47 Å². The molecule has 0 saturated heterocycles. The number of ether oxygens (including phenoxy) is 2. The van der Waals surface area contributed by atoms with Crippen molar-refractivity contribution >= 4 is 33.6 Å². The van der Waals surface area contributed by atoms with Gasteiger partial charge in [0.2, 0.25) is 0 Å². The summed E-state index contributed by atoms with van der Waals surface area (Å²) in [6, 6.07) is 9.51. The molecule has 0 aliphatic rings. The van der Waals surface area contributed by atoms with Crippen LogP contribution in [-0.2, 0) is 4.74 Å². The number of non-ortho nitro benzene ring substituents is 1. The summed E-state index contributed by atoms with van der Waals surface area (Å²) in [6.07, 6.45) is 0. The Bertz CT molecular complexity index is 788. The number of benzene rings is 2. The zero-order valence-corrected chi connectivity index (χ0v) is 14.1. The number of nitrogens with zero attached hydrogens (tertiary/aromatic N) is 1. The number of halogens is 1. The van der Waals surface area contributed by atoms with Gasteiger partial charge in [0, 0.05) is 16.6 Å². The van der Waals surface area contributed by atoms with Crippen molar-refractivity contribution in [2.24, 2.45) is 0 Å². The van der Waals surface area contributed by atoms with Crippen LogP contribution in [-0.4, -0.2) is 23.5 Å². The molecule has 0 N–H and O–H groups in total. The van der Waals surface area contributed by atoms with Gasteiger partial charge in [-0.1, -0.05) is 15.9 Å². The van der Waals surface area contributed by atoms with Crippen LogP contribution >= 0.6 is 15.9 Å². The summed E-state index contributed by atoms with van der Waals surface area (Å²) in [6.45, 7) is 1.85. The summed E-state index contributed by atoms with van der Waals surface area (Å²) >= 11 is 3.24. The van der Waals surface area contributed by atoms with Gasteiger partial charge in [0.15, 0.2) is 0 Å². The average Bonchev–Trinajstić information content (AvgIpc) is 2.56. The number of hydrogen-bond donors (Lipinski definition) is 0. The zero-order chi connectivity index (χ0) is 17.7. The highest BCUT2D eigenvalue weighted by atomic mass is 79.9. The Morgan fingerprint density at radius 3 is 2.38 bits per heavy atom. The summed E-state index contributed by atoms with van der Waals surface area (Å²) in [5, 5.41) is 10.6. The maximum atomic E-state index is 12.2. The third-order valence-corrected chi connectivity index (χ3v) is 3.45. The molecule has 0 aliphatic carbocycles. The summed E-state index contributed by atoms with van der Waals surface area (Å²) in [7, 11) is 0. The SMILES string of the molecule is CCOC(=O)c1cc(Br)ccc1OC(=O)c1ccc([N+](=O)[O-])cc1. The number of hydrogen-bond acceptors (Lipinski definition) is 6. The maximum Gasteiger partial charge on any atom is 0.343 e. The largest absolute Gasteiger partial charge is 0.462 e. The average molecular weight is 394 g/mol. The van der Waals surface area contributed by atoms with Gasteiger partial charge in [-0.3, -0.25) is 10.1 Å². The van der Waals surface area contributed by atoms with E-state index < -0.39 is 16.9 Å². The molecule has 24 heavy (non-hydrogen) atoms. The van der Waals surface area contributed by atoms with Crippen LogP contribution < -0.4 is 4.74 Å². The monoisotopic (exact) mass is 393 g/mol. The fourth-order valence-corrected chi connectivity index (χ4v) is 2.20. The molecular weight excluding hydrogens is 382 g/mol. The summed E-state index contributed by atoms with van der Waals surface area (Å²) in [5.41, 5.74) is 0.0854. The molecule has 2 aromatic rings. The molecule has 0 aromatic heterocycles. The Morgan fingerprint density at radius 1 is 1.12 bits per heavy atom. The lowest BCUT2D eigenvalue weighted by molar-refractivity contribution is -0.384. The Kier molecular flexibility index (Phi) is 5.64. The molecule has 0 aliphatic heterocycles. The van der Waals surface area contributed by atoms with Gasteiger partial charge in [-0.15, -0.1) is 0 Å². The van der Waals surface area contributed by atoms with Gasteiger partial charge in [-0.2, -0.15) is 0 Å². The molecule has 8 heteroatoms. The molecule has 124 valence electrons. The van der Waals surface area contributed by atoms with Crippen molar-refractivity contribution in [2.45, 2.75) is 6.92 Å². The van der Waals surface area contributed by atoms with Crippen molar-refractivity contribution < 1.29 is 24.0 Å². The first-order valence-electron chi connectivity index (χ1n) is 6.85. The first-order valence-corrected chi connectivity index (χ1v) is 7.65. The highest BCUT2D eigenvalue weighted by molar-refractivity contribution is 9.10. The minimum absolute atomic E-state index is 0.0417. The highest BCUT2D eigenvalue weighted by Crippen LogP contribution is 2.25. The molecule has 2 aromatic carbocycles. The van der Waals surface area contributed by atoms with Gasteiger partial charge in [0.05, 0.1) is 17.1 Å². The van der Waals surface area contributed by atoms with Crippen LogP contribution in [0.4, 0.5) is 5.69 Å². The van der Waals surface area contributed by atoms with E-state index in [2.05, 4.69) is 15.9 Å². The molecule has 0 spiro atoms. The summed E-state index contributed by atoms with van der Waals surface area (Å²) in [5.74, 6) is -1.32. The highest BCUT2D eigenvalue weighted by Gasteiger charge is 2.18. The molecule has 0 amide bonds. The predicted octanol–water partition coefficient (Wildman–Crippen LogP) is 3.75. The molecular formula is C16H12BrNO6. The summed E-state index contributed by atoms with van der Waals surface area (Å²) in [4.78, 5) is 34.2. The first kappa shape index (κ1) is 17.6. The number of carbonyl (C=O) groups is 2.